The third-order valence-electron chi connectivity index (χ3n) is 4.55. The van der Waals surface area contributed by atoms with E-state index in [1.54, 1.807) is 36.9 Å². The molecule has 2 aromatic carbocycles. The molecule has 0 aliphatic heterocycles. The number of rotatable bonds is 6. The fourth-order valence-electron chi connectivity index (χ4n) is 3.00. The van der Waals surface area contributed by atoms with E-state index in [1.165, 1.54) is 16.9 Å². The molecule has 0 aliphatic rings. The third kappa shape index (κ3) is 4.38. The standard InChI is InChI=1S/C22H19FN6O/c1-15-2-7-20(29-27-10-11-28-29)19(12-15)22(30)24-9-8-21-25-13-17(14-26-21)16-3-5-18(23)6-4-16/h2-7,10-14H,8-9H2,1H3,(H,24,30). The van der Waals surface area contributed by atoms with Crippen molar-refractivity contribution in [2.45, 2.75) is 13.3 Å². The summed E-state index contributed by atoms with van der Waals surface area (Å²) in [5, 5.41) is 11.1. The molecule has 0 saturated heterocycles. The number of halogens is 1. The minimum Gasteiger partial charge on any atom is -0.352 e. The van der Waals surface area contributed by atoms with Crippen LogP contribution in [0.2, 0.25) is 0 Å². The second-order valence-corrected chi connectivity index (χ2v) is 6.74. The van der Waals surface area contributed by atoms with Crippen molar-refractivity contribution in [2.75, 3.05) is 6.54 Å². The summed E-state index contributed by atoms with van der Waals surface area (Å²) in [6.45, 7) is 2.31. The van der Waals surface area contributed by atoms with E-state index in [0.29, 0.717) is 30.0 Å². The van der Waals surface area contributed by atoms with Gasteiger partial charge in [-0.25, -0.2) is 14.4 Å². The Bertz CT molecular complexity index is 1140. The van der Waals surface area contributed by atoms with Crippen LogP contribution in [0.15, 0.2) is 67.3 Å². The molecule has 0 radical (unpaired) electrons. The number of hydrogen-bond donors (Lipinski definition) is 1. The van der Waals surface area contributed by atoms with Crippen LogP contribution in [0.4, 0.5) is 4.39 Å². The third-order valence-corrected chi connectivity index (χ3v) is 4.55. The molecule has 0 bridgehead atoms. The first kappa shape index (κ1) is 19.4. The lowest BCUT2D eigenvalue weighted by atomic mass is 10.1. The zero-order chi connectivity index (χ0) is 20.9. The molecule has 2 aromatic heterocycles. The molecular weight excluding hydrogens is 383 g/mol. The number of amides is 1. The van der Waals surface area contributed by atoms with Gasteiger partial charge < -0.3 is 5.32 Å². The van der Waals surface area contributed by atoms with Crippen LogP contribution in [-0.2, 0) is 6.42 Å². The lowest BCUT2D eigenvalue weighted by Crippen LogP contribution is -2.27. The van der Waals surface area contributed by atoms with Gasteiger partial charge in [0.2, 0.25) is 0 Å². The highest BCUT2D eigenvalue weighted by Gasteiger charge is 2.14. The monoisotopic (exact) mass is 402 g/mol. The Labute approximate surface area is 172 Å². The van der Waals surface area contributed by atoms with Gasteiger partial charge in [-0.2, -0.15) is 15.0 Å². The Hall–Kier alpha value is -3.94. The second-order valence-electron chi connectivity index (χ2n) is 6.74. The first-order valence-corrected chi connectivity index (χ1v) is 9.42. The van der Waals surface area contributed by atoms with Gasteiger partial charge in [-0.05, 0) is 36.8 Å². The molecule has 1 amide bonds. The van der Waals surface area contributed by atoms with Gasteiger partial charge in [0, 0.05) is 30.9 Å². The summed E-state index contributed by atoms with van der Waals surface area (Å²) in [5.41, 5.74) is 3.73. The first-order valence-electron chi connectivity index (χ1n) is 9.42. The van der Waals surface area contributed by atoms with E-state index < -0.39 is 0 Å². The van der Waals surface area contributed by atoms with Crippen molar-refractivity contribution in [3.05, 3.63) is 90.0 Å². The minimum absolute atomic E-state index is 0.214. The van der Waals surface area contributed by atoms with Crippen molar-refractivity contribution in [3.8, 4) is 16.8 Å². The fourth-order valence-corrected chi connectivity index (χ4v) is 3.00. The molecule has 0 saturated carbocycles. The van der Waals surface area contributed by atoms with Crippen LogP contribution in [0.3, 0.4) is 0 Å². The van der Waals surface area contributed by atoms with Gasteiger partial charge >= 0.3 is 0 Å². The Morgan fingerprint density at radius 3 is 2.40 bits per heavy atom. The number of nitrogens with one attached hydrogen (secondary N) is 1. The van der Waals surface area contributed by atoms with Gasteiger partial charge in [-0.1, -0.05) is 23.8 Å². The minimum atomic E-state index is -0.285. The van der Waals surface area contributed by atoms with E-state index in [-0.39, 0.29) is 11.7 Å². The van der Waals surface area contributed by atoms with Crippen LogP contribution in [-0.4, -0.2) is 37.4 Å². The number of nitrogens with zero attached hydrogens (tertiary/aromatic N) is 5. The number of aryl methyl sites for hydroxylation is 1. The maximum absolute atomic E-state index is 13.0. The first-order chi connectivity index (χ1) is 14.6. The summed E-state index contributed by atoms with van der Waals surface area (Å²) in [4.78, 5) is 22.8. The van der Waals surface area contributed by atoms with Gasteiger partial charge in [0.1, 0.15) is 11.6 Å². The van der Waals surface area contributed by atoms with Gasteiger partial charge in [0.25, 0.3) is 5.91 Å². The number of hydrogen-bond acceptors (Lipinski definition) is 5. The number of aromatic nitrogens is 5. The van der Waals surface area contributed by atoms with Gasteiger partial charge in [0.15, 0.2) is 0 Å². The van der Waals surface area contributed by atoms with Crippen LogP contribution < -0.4 is 5.32 Å². The van der Waals surface area contributed by atoms with E-state index >= 15 is 0 Å². The van der Waals surface area contributed by atoms with Crippen molar-refractivity contribution in [1.29, 1.82) is 0 Å². The predicted molar refractivity (Wildman–Crippen MR) is 110 cm³/mol. The molecule has 0 fully saturated rings. The topological polar surface area (TPSA) is 85.6 Å². The number of carbonyl (C=O) groups excluding carboxylic acids is 1. The lowest BCUT2D eigenvalue weighted by Gasteiger charge is -2.10. The lowest BCUT2D eigenvalue weighted by molar-refractivity contribution is 0.0953. The maximum atomic E-state index is 13.0. The quantitative estimate of drug-likeness (QED) is 0.536. The van der Waals surface area contributed by atoms with E-state index in [2.05, 4.69) is 25.5 Å². The highest BCUT2D eigenvalue weighted by atomic mass is 19.1. The molecule has 2 heterocycles. The Balaban J connectivity index is 1.39. The van der Waals surface area contributed by atoms with Crippen molar-refractivity contribution < 1.29 is 9.18 Å². The number of benzene rings is 2. The highest BCUT2D eigenvalue weighted by molar-refractivity contribution is 5.97. The van der Waals surface area contributed by atoms with Gasteiger partial charge in [0.05, 0.1) is 23.6 Å². The summed E-state index contributed by atoms with van der Waals surface area (Å²) < 4.78 is 13.0. The summed E-state index contributed by atoms with van der Waals surface area (Å²) in [6.07, 6.45) is 7.00. The molecule has 0 spiro atoms. The van der Waals surface area contributed by atoms with Crippen LogP contribution in [0.25, 0.3) is 16.8 Å². The molecule has 4 aromatic rings. The van der Waals surface area contributed by atoms with Crippen LogP contribution >= 0.6 is 0 Å². The van der Waals surface area contributed by atoms with E-state index in [9.17, 15) is 9.18 Å². The average molecular weight is 402 g/mol. The zero-order valence-electron chi connectivity index (χ0n) is 16.3. The molecule has 30 heavy (non-hydrogen) atoms. The second kappa shape index (κ2) is 8.60. The van der Waals surface area contributed by atoms with Crippen molar-refractivity contribution in [2.24, 2.45) is 0 Å². The van der Waals surface area contributed by atoms with E-state index in [1.807, 2.05) is 25.1 Å². The fraction of sp³-hybridized carbons (Fsp3) is 0.136. The molecule has 7 nitrogen and oxygen atoms in total. The Morgan fingerprint density at radius 1 is 1.00 bits per heavy atom. The molecule has 8 heteroatoms. The summed E-state index contributed by atoms with van der Waals surface area (Å²) in [7, 11) is 0. The summed E-state index contributed by atoms with van der Waals surface area (Å²) in [6, 6.07) is 11.7. The molecule has 1 N–H and O–H groups in total. The SMILES string of the molecule is Cc1ccc(-n2nccn2)c(C(=O)NCCc2ncc(-c3ccc(F)cc3)cn2)c1. The van der Waals surface area contributed by atoms with Gasteiger partial charge in [-0.3, -0.25) is 4.79 Å². The molecule has 0 unspecified atom stereocenters. The molecule has 150 valence electrons. The van der Waals surface area contributed by atoms with Crippen molar-refractivity contribution >= 4 is 5.91 Å². The van der Waals surface area contributed by atoms with Crippen LogP contribution in [0.1, 0.15) is 21.7 Å². The van der Waals surface area contributed by atoms with Crippen LogP contribution in [0, 0.1) is 12.7 Å². The molecule has 0 aliphatic carbocycles. The van der Waals surface area contributed by atoms with Crippen molar-refractivity contribution in [1.82, 2.24) is 30.3 Å². The summed E-state index contributed by atoms with van der Waals surface area (Å²) >= 11 is 0. The Kier molecular flexibility index (Phi) is 5.56. The van der Waals surface area contributed by atoms with E-state index in [0.717, 1.165) is 16.7 Å². The van der Waals surface area contributed by atoms with Crippen LogP contribution in [0.5, 0.6) is 0 Å². The Morgan fingerprint density at radius 2 is 1.70 bits per heavy atom. The largest absolute Gasteiger partial charge is 0.352 e. The molecule has 4 rings (SSSR count). The van der Waals surface area contributed by atoms with Crippen molar-refractivity contribution in [3.63, 3.8) is 0 Å². The van der Waals surface area contributed by atoms with Gasteiger partial charge in [-0.15, -0.1) is 0 Å². The predicted octanol–water partition coefficient (Wildman–Crippen LogP) is 3.14. The molecular formula is C22H19FN6O. The average Bonchev–Trinajstić information content (AvgIpc) is 3.29. The maximum Gasteiger partial charge on any atom is 0.253 e. The molecule has 0 atom stereocenters. The normalized spacial score (nSPS) is 10.7. The zero-order valence-corrected chi connectivity index (χ0v) is 16.3. The smallest absolute Gasteiger partial charge is 0.253 e. The van der Waals surface area contributed by atoms with E-state index in [4.69, 9.17) is 0 Å². The highest BCUT2D eigenvalue weighted by Crippen LogP contribution is 2.18. The summed E-state index contributed by atoms with van der Waals surface area (Å²) in [5.74, 6) is 0.112. The number of carbonyl (C=O) groups is 1.